The Bertz CT molecular complexity index is 310. The van der Waals surface area contributed by atoms with E-state index in [0.29, 0.717) is 5.92 Å². The quantitative estimate of drug-likeness (QED) is 0.865. The molecule has 0 radical (unpaired) electrons. The first-order valence-corrected chi connectivity index (χ1v) is 6.81. The molecule has 1 aliphatic rings. The van der Waals surface area contributed by atoms with Gasteiger partial charge in [-0.3, -0.25) is 0 Å². The van der Waals surface area contributed by atoms with Crippen LogP contribution in [-0.4, -0.2) is 5.11 Å². The van der Waals surface area contributed by atoms with Crippen molar-refractivity contribution in [1.82, 2.24) is 0 Å². The van der Waals surface area contributed by atoms with Crippen molar-refractivity contribution in [2.45, 2.75) is 32.3 Å². The molecule has 1 fully saturated rings. The van der Waals surface area contributed by atoms with Crippen molar-refractivity contribution >= 4 is 27.3 Å². The molecule has 0 aromatic carbocycles. The summed E-state index contributed by atoms with van der Waals surface area (Å²) in [6.45, 7) is 2.27. The second-order valence-corrected chi connectivity index (χ2v) is 5.90. The molecular weight excluding hydrogens is 260 g/mol. The SMILES string of the molecule is CC1CCC(C(O)c2cscc2Br)C1. The Morgan fingerprint density at radius 2 is 2.29 bits per heavy atom. The largest absolute Gasteiger partial charge is 0.388 e. The lowest BCUT2D eigenvalue weighted by Gasteiger charge is -2.17. The first kappa shape index (κ1) is 10.7. The molecule has 3 atom stereocenters. The monoisotopic (exact) mass is 274 g/mol. The Kier molecular flexibility index (Phi) is 3.30. The van der Waals surface area contributed by atoms with Crippen LogP contribution < -0.4 is 0 Å². The second-order valence-electron chi connectivity index (χ2n) is 4.30. The van der Waals surface area contributed by atoms with Gasteiger partial charge in [-0.1, -0.05) is 13.3 Å². The highest BCUT2D eigenvalue weighted by Gasteiger charge is 2.29. The fraction of sp³-hybridized carbons (Fsp3) is 0.636. The second kappa shape index (κ2) is 4.33. The lowest BCUT2D eigenvalue weighted by Crippen LogP contribution is -2.08. The Morgan fingerprint density at radius 3 is 2.79 bits per heavy atom. The third-order valence-corrected chi connectivity index (χ3v) is 4.89. The summed E-state index contributed by atoms with van der Waals surface area (Å²) in [6, 6.07) is 0. The number of aliphatic hydroxyl groups excluding tert-OH is 1. The fourth-order valence-corrected chi connectivity index (χ4v) is 3.86. The third-order valence-electron chi connectivity index (χ3n) is 3.14. The van der Waals surface area contributed by atoms with E-state index in [0.717, 1.165) is 16.0 Å². The zero-order valence-corrected chi connectivity index (χ0v) is 10.6. The van der Waals surface area contributed by atoms with E-state index in [1.54, 1.807) is 11.3 Å². The van der Waals surface area contributed by atoms with Gasteiger partial charge in [-0.05, 0) is 46.0 Å². The van der Waals surface area contributed by atoms with Crippen LogP contribution in [-0.2, 0) is 0 Å². The minimum absolute atomic E-state index is 0.263. The zero-order chi connectivity index (χ0) is 10.1. The van der Waals surface area contributed by atoms with Gasteiger partial charge in [-0.15, -0.1) is 0 Å². The van der Waals surface area contributed by atoms with E-state index in [9.17, 15) is 5.11 Å². The molecule has 3 heteroatoms. The molecule has 1 nitrogen and oxygen atoms in total. The predicted octanol–water partition coefficient (Wildman–Crippen LogP) is 3.98. The summed E-state index contributed by atoms with van der Waals surface area (Å²) in [4.78, 5) is 0. The van der Waals surface area contributed by atoms with E-state index in [2.05, 4.69) is 28.2 Å². The van der Waals surface area contributed by atoms with E-state index in [1.165, 1.54) is 19.3 Å². The van der Waals surface area contributed by atoms with Crippen LogP contribution in [0.1, 0.15) is 37.9 Å². The van der Waals surface area contributed by atoms with Gasteiger partial charge in [0.15, 0.2) is 0 Å². The number of halogens is 1. The van der Waals surface area contributed by atoms with E-state index in [4.69, 9.17) is 0 Å². The lowest BCUT2D eigenvalue weighted by atomic mass is 9.95. The summed E-state index contributed by atoms with van der Waals surface area (Å²) >= 11 is 5.13. The number of thiophene rings is 1. The Hall–Kier alpha value is 0.140. The van der Waals surface area contributed by atoms with Crippen LogP contribution in [0.25, 0.3) is 0 Å². The van der Waals surface area contributed by atoms with Crippen LogP contribution in [0.3, 0.4) is 0 Å². The van der Waals surface area contributed by atoms with Crippen molar-refractivity contribution in [3.05, 3.63) is 20.8 Å². The first-order chi connectivity index (χ1) is 6.68. The molecule has 1 saturated carbocycles. The van der Waals surface area contributed by atoms with E-state index in [1.807, 2.05) is 5.38 Å². The molecule has 1 aromatic heterocycles. The van der Waals surface area contributed by atoms with Crippen LogP contribution in [0.15, 0.2) is 15.2 Å². The van der Waals surface area contributed by atoms with Gasteiger partial charge in [0.05, 0.1) is 6.10 Å². The van der Waals surface area contributed by atoms with Gasteiger partial charge < -0.3 is 5.11 Å². The van der Waals surface area contributed by atoms with Gasteiger partial charge in [-0.2, -0.15) is 11.3 Å². The normalized spacial score (nSPS) is 29.4. The Balaban J connectivity index is 2.09. The molecule has 2 rings (SSSR count). The van der Waals surface area contributed by atoms with Crippen molar-refractivity contribution in [3.63, 3.8) is 0 Å². The highest BCUT2D eigenvalue weighted by molar-refractivity contribution is 9.10. The molecule has 0 saturated heterocycles. The van der Waals surface area contributed by atoms with Crippen LogP contribution in [0, 0.1) is 11.8 Å². The standard InChI is InChI=1S/C11H15BrOS/c1-7-2-3-8(4-7)11(13)9-5-14-6-10(9)12/h5-8,11,13H,2-4H2,1H3. The maximum Gasteiger partial charge on any atom is 0.0837 e. The lowest BCUT2D eigenvalue weighted by molar-refractivity contribution is 0.109. The molecule has 0 aliphatic heterocycles. The zero-order valence-electron chi connectivity index (χ0n) is 8.24. The number of rotatable bonds is 2. The van der Waals surface area contributed by atoms with E-state index in [-0.39, 0.29) is 6.10 Å². The summed E-state index contributed by atoms with van der Waals surface area (Å²) in [5.41, 5.74) is 1.08. The topological polar surface area (TPSA) is 20.2 Å². The molecule has 0 spiro atoms. The minimum Gasteiger partial charge on any atom is -0.388 e. The van der Waals surface area contributed by atoms with Crippen LogP contribution >= 0.6 is 27.3 Å². The minimum atomic E-state index is -0.263. The van der Waals surface area contributed by atoms with Crippen LogP contribution in [0.2, 0.25) is 0 Å². The van der Waals surface area contributed by atoms with Crippen molar-refractivity contribution < 1.29 is 5.11 Å². The predicted molar refractivity (Wildman–Crippen MR) is 63.5 cm³/mol. The van der Waals surface area contributed by atoms with Gasteiger partial charge in [0.2, 0.25) is 0 Å². The molecule has 0 bridgehead atoms. The Labute approximate surface area is 97.3 Å². The summed E-state index contributed by atoms with van der Waals surface area (Å²) < 4.78 is 1.06. The van der Waals surface area contributed by atoms with E-state index >= 15 is 0 Å². The summed E-state index contributed by atoms with van der Waals surface area (Å²) in [6.07, 6.45) is 3.35. The molecule has 1 N–H and O–H groups in total. The summed E-state index contributed by atoms with van der Waals surface area (Å²) in [5.74, 6) is 1.25. The summed E-state index contributed by atoms with van der Waals surface area (Å²) in [5, 5.41) is 14.3. The molecule has 78 valence electrons. The van der Waals surface area contributed by atoms with Crippen LogP contribution in [0.4, 0.5) is 0 Å². The maximum atomic E-state index is 10.2. The number of aliphatic hydroxyl groups is 1. The van der Waals surface area contributed by atoms with Gasteiger partial charge in [0, 0.05) is 15.4 Å². The molecule has 14 heavy (non-hydrogen) atoms. The molecular formula is C11H15BrOS. The van der Waals surface area contributed by atoms with E-state index < -0.39 is 0 Å². The molecule has 0 amide bonds. The molecule has 1 heterocycles. The third kappa shape index (κ3) is 2.05. The van der Waals surface area contributed by atoms with Gasteiger partial charge in [0.1, 0.15) is 0 Å². The average Bonchev–Trinajstić information content (AvgIpc) is 2.73. The van der Waals surface area contributed by atoms with Crippen molar-refractivity contribution in [3.8, 4) is 0 Å². The highest BCUT2D eigenvalue weighted by atomic mass is 79.9. The smallest absolute Gasteiger partial charge is 0.0837 e. The summed E-state index contributed by atoms with van der Waals surface area (Å²) in [7, 11) is 0. The average molecular weight is 275 g/mol. The highest BCUT2D eigenvalue weighted by Crippen LogP contribution is 2.41. The number of hydrogen-bond acceptors (Lipinski definition) is 2. The van der Waals surface area contributed by atoms with Crippen molar-refractivity contribution in [2.24, 2.45) is 11.8 Å². The fourth-order valence-electron chi connectivity index (χ4n) is 2.29. The molecule has 1 aromatic rings. The van der Waals surface area contributed by atoms with Gasteiger partial charge >= 0.3 is 0 Å². The maximum absolute atomic E-state index is 10.2. The first-order valence-electron chi connectivity index (χ1n) is 5.08. The number of hydrogen-bond donors (Lipinski definition) is 1. The van der Waals surface area contributed by atoms with Crippen molar-refractivity contribution in [2.75, 3.05) is 0 Å². The van der Waals surface area contributed by atoms with Crippen molar-refractivity contribution in [1.29, 1.82) is 0 Å². The van der Waals surface area contributed by atoms with Crippen LogP contribution in [0.5, 0.6) is 0 Å². The molecule has 3 unspecified atom stereocenters. The van der Waals surface area contributed by atoms with Gasteiger partial charge in [0.25, 0.3) is 0 Å². The van der Waals surface area contributed by atoms with Gasteiger partial charge in [-0.25, -0.2) is 0 Å². The molecule has 1 aliphatic carbocycles. The Morgan fingerprint density at radius 1 is 1.50 bits per heavy atom.